The zero-order valence-corrected chi connectivity index (χ0v) is 15.0. The molecule has 1 aromatic heterocycles. The van der Waals surface area contributed by atoms with Crippen molar-refractivity contribution in [3.8, 4) is 0 Å². The molecule has 7 heteroatoms. The van der Waals surface area contributed by atoms with Crippen molar-refractivity contribution >= 4 is 17.4 Å². The molecule has 2 N–H and O–H groups in total. The Morgan fingerprint density at radius 1 is 1.04 bits per heavy atom. The Hall–Kier alpha value is -3.35. The summed E-state index contributed by atoms with van der Waals surface area (Å²) in [6.45, 7) is 2.54. The van der Waals surface area contributed by atoms with E-state index in [1.807, 2.05) is 31.2 Å². The summed E-state index contributed by atoms with van der Waals surface area (Å²) in [6, 6.07) is 15.5. The second-order valence-corrected chi connectivity index (χ2v) is 6.24. The Bertz CT molecular complexity index is 986. The molecule has 0 fully saturated rings. The summed E-state index contributed by atoms with van der Waals surface area (Å²) >= 11 is 0. The van der Waals surface area contributed by atoms with Crippen LogP contribution < -0.4 is 10.6 Å². The third kappa shape index (κ3) is 4.88. The zero-order valence-electron chi connectivity index (χ0n) is 15.0. The van der Waals surface area contributed by atoms with Gasteiger partial charge in [-0.2, -0.15) is 13.2 Å². The van der Waals surface area contributed by atoms with Crippen LogP contribution in [0.3, 0.4) is 0 Å². The zero-order chi connectivity index (χ0) is 20.1. The number of alkyl halides is 3. The van der Waals surface area contributed by atoms with Crippen molar-refractivity contribution in [3.63, 3.8) is 0 Å². The maximum Gasteiger partial charge on any atom is 0.416 e. The van der Waals surface area contributed by atoms with Gasteiger partial charge >= 0.3 is 6.18 Å². The van der Waals surface area contributed by atoms with E-state index in [1.54, 1.807) is 6.07 Å². The van der Waals surface area contributed by atoms with Crippen LogP contribution in [0.1, 0.15) is 27.0 Å². The Kier molecular flexibility index (Phi) is 5.63. The second-order valence-electron chi connectivity index (χ2n) is 6.24. The number of nitrogens with zero attached hydrogens (tertiary/aromatic N) is 1. The van der Waals surface area contributed by atoms with Crippen molar-refractivity contribution < 1.29 is 18.0 Å². The van der Waals surface area contributed by atoms with E-state index in [-0.39, 0.29) is 5.69 Å². The van der Waals surface area contributed by atoms with Crippen LogP contribution >= 0.6 is 0 Å². The van der Waals surface area contributed by atoms with Crippen LogP contribution in [-0.2, 0) is 12.7 Å². The number of nitrogens with one attached hydrogen (secondary N) is 2. The molecule has 0 bridgehead atoms. The van der Waals surface area contributed by atoms with E-state index in [0.29, 0.717) is 17.9 Å². The molecular weight excluding hydrogens is 367 g/mol. The van der Waals surface area contributed by atoms with Crippen molar-refractivity contribution in [2.24, 2.45) is 0 Å². The number of carbonyl (C=O) groups excluding carboxylic acids is 1. The summed E-state index contributed by atoms with van der Waals surface area (Å²) in [5.74, 6) is -0.0133. The number of hydrogen-bond donors (Lipinski definition) is 2. The quantitative estimate of drug-likeness (QED) is 0.629. The molecule has 0 atom stereocenters. The molecule has 0 saturated carbocycles. The van der Waals surface area contributed by atoms with Crippen LogP contribution in [0.5, 0.6) is 0 Å². The third-order valence-corrected chi connectivity index (χ3v) is 4.19. The molecule has 0 spiro atoms. The summed E-state index contributed by atoms with van der Waals surface area (Å²) in [5, 5.41) is 5.64. The molecular formula is C21H18F3N3O. The monoisotopic (exact) mass is 385 g/mol. The first-order chi connectivity index (χ1) is 13.3. The maximum atomic E-state index is 12.8. The van der Waals surface area contributed by atoms with Gasteiger partial charge in [0.1, 0.15) is 5.82 Å². The van der Waals surface area contributed by atoms with Crippen molar-refractivity contribution in [1.82, 2.24) is 4.98 Å². The average Bonchev–Trinajstić information content (AvgIpc) is 2.67. The van der Waals surface area contributed by atoms with Gasteiger partial charge in [0.15, 0.2) is 0 Å². The normalized spacial score (nSPS) is 11.1. The number of halogens is 3. The summed E-state index contributed by atoms with van der Waals surface area (Å²) < 4.78 is 38.4. The van der Waals surface area contributed by atoms with E-state index < -0.39 is 17.6 Å². The largest absolute Gasteiger partial charge is 0.416 e. The van der Waals surface area contributed by atoms with E-state index in [2.05, 4.69) is 15.6 Å². The molecule has 3 rings (SSSR count). The lowest BCUT2D eigenvalue weighted by molar-refractivity contribution is -0.137. The van der Waals surface area contributed by atoms with E-state index in [0.717, 1.165) is 23.3 Å². The Labute approximate surface area is 160 Å². The minimum atomic E-state index is -4.47. The van der Waals surface area contributed by atoms with Crippen LogP contribution in [0, 0.1) is 6.92 Å². The number of hydrogen-bond acceptors (Lipinski definition) is 3. The molecule has 3 aromatic rings. The van der Waals surface area contributed by atoms with Crippen LogP contribution in [0.15, 0.2) is 66.9 Å². The van der Waals surface area contributed by atoms with Gasteiger partial charge in [0.2, 0.25) is 0 Å². The fourth-order valence-electron chi connectivity index (χ4n) is 2.64. The Balaban J connectivity index is 1.70. The lowest BCUT2D eigenvalue weighted by atomic mass is 10.1. The minimum absolute atomic E-state index is 0.0751. The number of rotatable bonds is 5. The number of benzene rings is 2. The Morgan fingerprint density at radius 2 is 1.82 bits per heavy atom. The lowest BCUT2D eigenvalue weighted by Gasteiger charge is -2.11. The van der Waals surface area contributed by atoms with Gasteiger partial charge in [0.05, 0.1) is 5.56 Å². The molecule has 28 heavy (non-hydrogen) atoms. The number of amides is 1. The van der Waals surface area contributed by atoms with Crippen LogP contribution in [0.25, 0.3) is 0 Å². The number of aryl methyl sites for hydroxylation is 1. The van der Waals surface area contributed by atoms with Gasteiger partial charge < -0.3 is 10.6 Å². The van der Waals surface area contributed by atoms with E-state index in [9.17, 15) is 18.0 Å². The highest BCUT2D eigenvalue weighted by atomic mass is 19.4. The molecule has 0 radical (unpaired) electrons. The number of anilines is 2. The lowest BCUT2D eigenvalue weighted by Crippen LogP contribution is -2.14. The molecule has 1 heterocycles. The fraction of sp³-hybridized carbons (Fsp3) is 0.143. The maximum absolute atomic E-state index is 12.8. The van der Waals surface area contributed by atoms with Crippen molar-refractivity contribution in [1.29, 1.82) is 0 Å². The minimum Gasteiger partial charge on any atom is -0.366 e. The van der Waals surface area contributed by atoms with E-state index >= 15 is 0 Å². The molecule has 0 aliphatic heterocycles. The highest BCUT2D eigenvalue weighted by molar-refractivity contribution is 6.04. The third-order valence-electron chi connectivity index (χ3n) is 4.19. The van der Waals surface area contributed by atoms with Gasteiger partial charge in [-0.05, 0) is 48.4 Å². The highest BCUT2D eigenvalue weighted by Gasteiger charge is 2.30. The van der Waals surface area contributed by atoms with Gasteiger partial charge in [-0.1, -0.05) is 30.3 Å². The summed E-state index contributed by atoms with van der Waals surface area (Å²) in [4.78, 5) is 16.6. The molecule has 4 nitrogen and oxygen atoms in total. The van der Waals surface area contributed by atoms with Crippen LogP contribution in [0.4, 0.5) is 24.7 Å². The average molecular weight is 385 g/mol. The van der Waals surface area contributed by atoms with Gasteiger partial charge in [0, 0.05) is 24.0 Å². The predicted octanol–water partition coefficient (Wildman–Crippen LogP) is 5.27. The first kappa shape index (κ1) is 19.4. The van der Waals surface area contributed by atoms with Gasteiger partial charge in [-0.15, -0.1) is 0 Å². The van der Waals surface area contributed by atoms with Gasteiger partial charge in [0.25, 0.3) is 5.91 Å². The van der Waals surface area contributed by atoms with E-state index in [1.165, 1.54) is 24.4 Å². The molecule has 2 aromatic carbocycles. The molecule has 0 aliphatic carbocycles. The number of aromatic nitrogens is 1. The van der Waals surface area contributed by atoms with Crippen LogP contribution in [-0.4, -0.2) is 10.9 Å². The SMILES string of the molecule is Cc1ccccc1CNc1cc(C(=O)Nc2cccc(C(F)(F)F)c2)ccn1. The first-order valence-corrected chi connectivity index (χ1v) is 8.56. The van der Waals surface area contributed by atoms with Gasteiger partial charge in [-0.25, -0.2) is 4.98 Å². The Morgan fingerprint density at radius 3 is 2.57 bits per heavy atom. The molecule has 0 aliphatic rings. The van der Waals surface area contributed by atoms with Crippen molar-refractivity contribution in [3.05, 3.63) is 89.1 Å². The summed E-state index contributed by atoms with van der Waals surface area (Å²) in [6.07, 6.45) is -2.99. The van der Waals surface area contributed by atoms with Crippen molar-refractivity contribution in [2.75, 3.05) is 10.6 Å². The second kappa shape index (κ2) is 8.12. The fourth-order valence-corrected chi connectivity index (χ4v) is 2.64. The summed E-state index contributed by atoms with van der Waals surface area (Å²) in [5.41, 5.74) is 1.78. The molecule has 0 unspecified atom stereocenters. The highest BCUT2D eigenvalue weighted by Crippen LogP contribution is 2.30. The number of pyridine rings is 1. The topological polar surface area (TPSA) is 54.0 Å². The van der Waals surface area contributed by atoms with Crippen LogP contribution in [0.2, 0.25) is 0 Å². The summed E-state index contributed by atoms with van der Waals surface area (Å²) in [7, 11) is 0. The van der Waals surface area contributed by atoms with E-state index in [4.69, 9.17) is 0 Å². The first-order valence-electron chi connectivity index (χ1n) is 8.56. The van der Waals surface area contributed by atoms with Gasteiger partial charge in [-0.3, -0.25) is 4.79 Å². The standard InChI is InChI=1S/C21H18F3N3O/c1-14-5-2-3-6-16(14)13-26-19-11-15(9-10-25-19)20(28)27-18-8-4-7-17(12-18)21(22,23)24/h2-12H,13H2,1H3,(H,25,26)(H,27,28). The smallest absolute Gasteiger partial charge is 0.366 e. The molecule has 0 saturated heterocycles. The number of carbonyl (C=O) groups is 1. The predicted molar refractivity (Wildman–Crippen MR) is 102 cm³/mol. The molecule has 1 amide bonds. The molecule has 144 valence electrons. The van der Waals surface area contributed by atoms with Crippen molar-refractivity contribution in [2.45, 2.75) is 19.6 Å².